The van der Waals surface area contributed by atoms with Crippen molar-refractivity contribution in [1.82, 2.24) is 0 Å². The third-order valence-electron chi connectivity index (χ3n) is 5.62. The van der Waals surface area contributed by atoms with Crippen molar-refractivity contribution in [2.75, 3.05) is 19.1 Å². The van der Waals surface area contributed by atoms with Crippen LogP contribution in [-0.4, -0.2) is 31.0 Å². The first-order valence-electron chi connectivity index (χ1n) is 10.1. The first-order chi connectivity index (χ1) is 15.5. The Hall–Kier alpha value is -4.06. The molecule has 1 saturated heterocycles. The summed E-state index contributed by atoms with van der Waals surface area (Å²) in [7, 11) is 3.02. The molecule has 3 aromatic rings. The molecule has 0 bridgehead atoms. The fourth-order valence-corrected chi connectivity index (χ4v) is 4.03. The molecular formula is C26H23NO5. The number of benzene rings is 3. The third kappa shape index (κ3) is 3.50. The minimum absolute atomic E-state index is 0.0108. The van der Waals surface area contributed by atoms with Crippen LogP contribution in [0.5, 0.6) is 11.5 Å². The summed E-state index contributed by atoms with van der Waals surface area (Å²) in [5.74, 6) is -0.800. The Kier molecular flexibility index (Phi) is 5.69. The lowest BCUT2D eigenvalue weighted by Gasteiger charge is -2.27. The topological polar surface area (TPSA) is 76.1 Å². The summed E-state index contributed by atoms with van der Waals surface area (Å²) in [6.07, 6.45) is 0. The van der Waals surface area contributed by atoms with Crippen LogP contribution in [0.3, 0.4) is 0 Å². The highest BCUT2D eigenvalue weighted by atomic mass is 16.5. The normalized spacial score (nSPS) is 17.5. The molecule has 6 heteroatoms. The molecule has 1 N–H and O–H groups in total. The maximum Gasteiger partial charge on any atom is 0.300 e. The fourth-order valence-electron chi connectivity index (χ4n) is 4.03. The highest BCUT2D eigenvalue weighted by Crippen LogP contribution is 2.44. The number of methoxy groups -OCH3 is 2. The highest BCUT2D eigenvalue weighted by Gasteiger charge is 2.47. The van der Waals surface area contributed by atoms with Crippen LogP contribution in [0.4, 0.5) is 5.69 Å². The van der Waals surface area contributed by atoms with E-state index in [1.165, 1.54) is 19.1 Å². The number of hydrogen-bond donors (Lipinski definition) is 1. The number of Topliss-reactive ketones (excluding diaryl/α,β-unsaturated/α-hetero) is 1. The zero-order chi connectivity index (χ0) is 22.8. The van der Waals surface area contributed by atoms with Gasteiger partial charge in [0, 0.05) is 11.8 Å². The van der Waals surface area contributed by atoms with E-state index in [0.29, 0.717) is 22.7 Å². The van der Waals surface area contributed by atoms with Crippen molar-refractivity contribution < 1.29 is 24.2 Å². The number of para-hydroxylation sites is 1. The standard InChI is InChI=1S/C26H23NO5/c1-16-9-4-5-12-19(16)23-22(24(28)20-13-6-7-14-21(20)32-3)25(29)26(30)27(23)17-10-8-11-18(15-17)31-2/h4-15,23,28H,1-3H3/b24-22+. The Morgan fingerprint density at radius 1 is 0.906 bits per heavy atom. The average molecular weight is 429 g/mol. The molecule has 0 aliphatic carbocycles. The van der Waals surface area contributed by atoms with Crippen molar-refractivity contribution in [3.8, 4) is 11.5 Å². The predicted octanol–water partition coefficient (Wildman–Crippen LogP) is 4.64. The number of aliphatic hydroxyl groups is 1. The Balaban J connectivity index is 2.00. The number of hydrogen-bond acceptors (Lipinski definition) is 5. The number of carbonyl (C=O) groups excluding carboxylic acids is 2. The number of aliphatic hydroxyl groups excluding tert-OH is 1. The van der Waals surface area contributed by atoms with Crippen LogP contribution in [0, 0.1) is 6.92 Å². The van der Waals surface area contributed by atoms with Gasteiger partial charge in [0.25, 0.3) is 11.7 Å². The molecule has 0 aromatic heterocycles. The maximum atomic E-state index is 13.3. The van der Waals surface area contributed by atoms with Gasteiger partial charge >= 0.3 is 0 Å². The second-order valence-corrected chi connectivity index (χ2v) is 7.43. The van der Waals surface area contributed by atoms with Crippen molar-refractivity contribution in [2.45, 2.75) is 13.0 Å². The Bertz CT molecular complexity index is 1230. The maximum absolute atomic E-state index is 13.3. The SMILES string of the molecule is COc1cccc(N2C(=O)C(=O)/C(=C(/O)c3ccccc3OC)C2c2ccccc2C)c1. The Morgan fingerprint density at radius 3 is 2.34 bits per heavy atom. The first kappa shape index (κ1) is 21.2. The van der Waals surface area contributed by atoms with Crippen molar-refractivity contribution in [2.24, 2.45) is 0 Å². The monoisotopic (exact) mass is 429 g/mol. The summed E-state index contributed by atoms with van der Waals surface area (Å²) >= 11 is 0. The van der Waals surface area contributed by atoms with Gasteiger partial charge in [0.15, 0.2) is 0 Å². The number of ether oxygens (including phenoxy) is 2. The Labute approximate surface area is 186 Å². The van der Waals surface area contributed by atoms with Crippen LogP contribution < -0.4 is 14.4 Å². The molecule has 1 aliphatic heterocycles. The van der Waals surface area contributed by atoms with Crippen LogP contribution in [0.1, 0.15) is 22.7 Å². The van der Waals surface area contributed by atoms with E-state index in [1.807, 2.05) is 31.2 Å². The molecule has 1 fully saturated rings. The van der Waals surface area contributed by atoms with E-state index in [2.05, 4.69) is 0 Å². The van der Waals surface area contributed by atoms with E-state index in [-0.39, 0.29) is 11.3 Å². The lowest BCUT2D eigenvalue weighted by atomic mass is 9.92. The molecular weight excluding hydrogens is 406 g/mol. The van der Waals surface area contributed by atoms with Crippen LogP contribution in [0.2, 0.25) is 0 Å². The zero-order valence-electron chi connectivity index (χ0n) is 18.0. The molecule has 1 atom stereocenters. The van der Waals surface area contributed by atoms with Gasteiger partial charge in [0.05, 0.1) is 31.4 Å². The van der Waals surface area contributed by atoms with Gasteiger partial charge in [-0.2, -0.15) is 0 Å². The van der Waals surface area contributed by atoms with Gasteiger partial charge in [-0.3, -0.25) is 14.5 Å². The smallest absolute Gasteiger partial charge is 0.300 e. The molecule has 3 aromatic carbocycles. The molecule has 0 spiro atoms. The third-order valence-corrected chi connectivity index (χ3v) is 5.62. The molecule has 4 rings (SSSR count). The molecule has 1 unspecified atom stereocenters. The van der Waals surface area contributed by atoms with Gasteiger partial charge in [-0.15, -0.1) is 0 Å². The number of nitrogens with zero attached hydrogens (tertiary/aromatic N) is 1. The Morgan fingerprint density at radius 2 is 1.62 bits per heavy atom. The number of carbonyl (C=O) groups is 2. The van der Waals surface area contributed by atoms with Crippen molar-refractivity contribution in [1.29, 1.82) is 0 Å². The molecule has 1 amide bonds. The summed E-state index contributed by atoms with van der Waals surface area (Å²) in [6.45, 7) is 1.91. The minimum atomic E-state index is -0.812. The van der Waals surface area contributed by atoms with Crippen LogP contribution >= 0.6 is 0 Å². The zero-order valence-corrected chi connectivity index (χ0v) is 18.0. The van der Waals surface area contributed by atoms with E-state index in [1.54, 1.807) is 48.5 Å². The van der Waals surface area contributed by atoms with Gasteiger partial charge in [-0.1, -0.05) is 42.5 Å². The van der Waals surface area contributed by atoms with E-state index < -0.39 is 17.7 Å². The van der Waals surface area contributed by atoms with Crippen LogP contribution in [-0.2, 0) is 9.59 Å². The average Bonchev–Trinajstić information content (AvgIpc) is 3.09. The van der Waals surface area contributed by atoms with E-state index in [4.69, 9.17) is 9.47 Å². The summed E-state index contributed by atoms with van der Waals surface area (Å²) in [4.78, 5) is 27.9. The fraction of sp³-hybridized carbons (Fsp3) is 0.154. The lowest BCUT2D eigenvalue weighted by Crippen LogP contribution is -2.29. The van der Waals surface area contributed by atoms with Crippen LogP contribution in [0.15, 0.2) is 78.4 Å². The van der Waals surface area contributed by atoms with E-state index in [9.17, 15) is 14.7 Å². The summed E-state index contributed by atoms with van der Waals surface area (Å²) in [6, 6.07) is 20.5. The van der Waals surface area contributed by atoms with Crippen molar-refractivity contribution in [3.63, 3.8) is 0 Å². The molecule has 1 heterocycles. The second-order valence-electron chi connectivity index (χ2n) is 7.43. The molecule has 32 heavy (non-hydrogen) atoms. The number of rotatable bonds is 5. The predicted molar refractivity (Wildman–Crippen MR) is 122 cm³/mol. The van der Waals surface area contributed by atoms with E-state index in [0.717, 1.165) is 11.1 Å². The molecule has 162 valence electrons. The number of amides is 1. The number of anilines is 1. The quantitative estimate of drug-likeness (QED) is 0.363. The highest BCUT2D eigenvalue weighted by molar-refractivity contribution is 6.51. The van der Waals surface area contributed by atoms with Crippen LogP contribution in [0.25, 0.3) is 5.76 Å². The molecule has 0 radical (unpaired) electrons. The summed E-state index contributed by atoms with van der Waals surface area (Å²) in [5, 5.41) is 11.3. The van der Waals surface area contributed by atoms with Gasteiger partial charge in [-0.25, -0.2) is 0 Å². The number of ketones is 1. The number of aryl methyl sites for hydroxylation is 1. The first-order valence-corrected chi connectivity index (χ1v) is 10.1. The summed E-state index contributed by atoms with van der Waals surface area (Å²) < 4.78 is 10.7. The molecule has 6 nitrogen and oxygen atoms in total. The van der Waals surface area contributed by atoms with E-state index >= 15 is 0 Å². The van der Waals surface area contributed by atoms with Gasteiger partial charge in [0.2, 0.25) is 0 Å². The lowest BCUT2D eigenvalue weighted by molar-refractivity contribution is -0.132. The van der Waals surface area contributed by atoms with Crippen molar-refractivity contribution in [3.05, 3.63) is 95.1 Å². The second kappa shape index (κ2) is 8.59. The molecule has 1 aliphatic rings. The largest absolute Gasteiger partial charge is 0.507 e. The molecule has 0 saturated carbocycles. The minimum Gasteiger partial charge on any atom is -0.507 e. The van der Waals surface area contributed by atoms with Crippen molar-refractivity contribution >= 4 is 23.1 Å². The summed E-state index contributed by atoms with van der Waals surface area (Å²) in [5.41, 5.74) is 2.48. The van der Waals surface area contributed by atoms with Gasteiger partial charge in [-0.05, 0) is 42.3 Å². The van der Waals surface area contributed by atoms with Gasteiger partial charge < -0.3 is 14.6 Å². The van der Waals surface area contributed by atoms with Gasteiger partial charge in [0.1, 0.15) is 17.3 Å².